The van der Waals surface area contributed by atoms with Crippen molar-refractivity contribution in [2.24, 2.45) is 0 Å². The lowest BCUT2D eigenvalue weighted by atomic mass is 9.79. The average molecular weight is 431 g/mol. The molecule has 0 unspecified atom stereocenters. The van der Waals surface area contributed by atoms with Gasteiger partial charge in [-0.15, -0.1) is 0 Å². The summed E-state index contributed by atoms with van der Waals surface area (Å²) in [6.07, 6.45) is 8.21. The zero-order valence-electron chi connectivity index (χ0n) is 18.7. The van der Waals surface area contributed by atoms with Crippen LogP contribution in [0.3, 0.4) is 0 Å². The van der Waals surface area contributed by atoms with Crippen LogP contribution in [-0.2, 0) is 6.54 Å². The summed E-state index contributed by atoms with van der Waals surface area (Å²) in [6, 6.07) is 14.2. The fourth-order valence-corrected chi connectivity index (χ4v) is 5.16. The van der Waals surface area contributed by atoms with Gasteiger partial charge in [-0.1, -0.05) is 18.2 Å². The quantitative estimate of drug-likeness (QED) is 0.481. The first-order valence-corrected chi connectivity index (χ1v) is 11.5. The summed E-state index contributed by atoms with van der Waals surface area (Å²) in [5.74, 6) is 0.404. The Morgan fingerprint density at radius 3 is 2.91 bits per heavy atom. The van der Waals surface area contributed by atoms with Gasteiger partial charge in [0.25, 0.3) is 5.91 Å². The summed E-state index contributed by atoms with van der Waals surface area (Å²) in [6.45, 7) is 5.66. The molecule has 1 aromatic carbocycles. The van der Waals surface area contributed by atoms with Crippen LogP contribution < -0.4 is 5.32 Å². The maximum absolute atomic E-state index is 13.4. The van der Waals surface area contributed by atoms with E-state index in [0.29, 0.717) is 18.4 Å². The number of aromatic amines is 1. The van der Waals surface area contributed by atoms with Crippen LogP contribution in [0.1, 0.15) is 55.8 Å². The first-order valence-electron chi connectivity index (χ1n) is 11.5. The van der Waals surface area contributed by atoms with Crippen LogP contribution in [0, 0.1) is 0 Å². The van der Waals surface area contributed by atoms with Gasteiger partial charge in [0.15, 0.2) is 5.82 Å². The third-order valence-electron chi connectivity index (χ3n) is 6.74. The first kappa shape index (κ1) is 20.7. The second-order valence-corrected chi connectivity index (χ2v) is 9.02. The summed E-state index contributed by atoms with van der Waals surface area (Å²) < 4.78 is 2.05. The lowest BCUT2D eigenvalue weighted by molar-refractivity contribution is 0.0359. The van der Waals surface area contributed by atoms with Crippen molar-refractivity contribution in [3.8, 4) is 0 Å². The number of H-pyrrole nitrogens is 1. The molecule has 3 heterocycles. The van der Waals surface area contributed by atoms with Crippen LogP contribution in [0.2, 0.25) is 0 Å². The number of aromatic nitrogens is 4. The van der Waals surface area contributed by atoms with Crippen LogP contribution in [0.5, 0.6) is 0 Å². The molecule has 1 saturated carbocycles. The minimum Gasteiger partial charge on any atom is -0.334 e. The number of fused-ring (bicyclic) bond motifs is 2. The van der Waals surface area contributed by atoms with Crippen molar-refractivity contribution in [1.29, 1.82) is 0 Å². The van der Waals surface area contributed by atoms with Gasteiger partial charge in [0, 0.05) is 37.1 Å². The molecule has 1 amide bonds. The van der Waals surface area contributed by atoms with Crippen molar-refractivity contribution >= 4 is 22.6 Å². The number of carbonyl (C=O) groups is 1. The van der Waals surface area contributed by atoms with Gasteiger partial charge < -0.3 is 19.6 Å². The highest BCUT2D eigenvalue weighted by molar-refractivity contribution is 5.94. The maximum Gasteiger partial charge on any atom is 0.290 e. The number of nitrogens with zero attached hydrogens (tertiary/aromatic N) is 4. The standard InChI is InChI=1S/C25H30N6O/c1-3-31(24(32)23-28-20-10-4-5-11-21(20)29-23)25(2)13-8-9-18(15-25)26-16-19-17-30-14-7-6-12-22(30)27-19/h4-7,10-12,14,17-18,26H,3,8-9,13,15-16H2,1-2H3,(H,28,29)/t18-,25+/m1/s1. The monoisotopic (exact) mass is 430 g/mol. The fourth-order valence-electron chi connectivity index (χ4n) is 5.16. The summed E-state index contributed by atoms with van der Waals surface area (Å²) in [5, 5.41) is 3.70. The normalized spacial score (nSPS) is 21.2. The van der Waals surface area contributed by atoms with E-state index in [0.717, 1.165) is 54.6 Å². The second-order valence-electron chi connectivity index (χ2n) is 9.02. The van der Waals surface area contributed by atoms with Crippen molar-refractivity contribution in [3.63, 3.8) is 0 Å². The summed E-state index contributed by atoms with van der Waals surface area (Å²) >= 11 is 0. The highest BCUT2D eigenvalue weighted by Crippen LogP contribution is 2.34. The Morgan fingerprint density at radius 1 is 1.25 bits per heavy atom. The number of imidazole rings is 2. The van der Waals surface area contributed by atoms with E-state index < -0.39 is 0 Å². The molecule has 7 nitrogen and oxygen atoms in total. The first-order chi connectivity index (χ1) is 15.6. The van der Waals surface area contributed by atoms with E-state index in [1.54, 1.807) is 0 Å². The van der Waals surface area contributed by atoms with Crippen molar-refractivity contribution in [2.45, 2.75) is 57.7 Å². The van der Waals surface area contributed by atoms with Crippen molar-refractivity contribution in [3.05, 3.63) is 66.4 Å². The van der Waals surface area contributed by atoms with E-state index in [9.17, 15) is 4.79 Å². The molecule has 32 heavy (non-hydrogen) atoms. The predicted octanol–water partition coefficient (Wildman–Crippen LogP) is 4.16. The number of hydrogen-bond donors (Lipinski definition) is 2. The highest BCUT2D eigenvalue weighted by Gasteiger charge is 2.40. The third kappa shape index (κ3) is 3.88. The van der Waals surface area contributed by atoms with E-state index in [-0.39, 0.29) is 11.4 Å². The summed E-state index contributed by atoms with van der Waals surface area (Å²) in [4.78, 5) is 27.9. The van der Waals surface area contributed by atoms with Gasteiger partial charge in [-0.2, -0.15) is 0 Å². The van der Waals surface area contributed by atoms with Gasteiger partial charge in [0.05, 0.1) is 16.7 Å². The summed E-state index contributed by atoms with van der Waals surface area (Å²) in [5.41, 5.74) is 3.51. The maximum atomic E-state index is 13.4. The number of pyridine rings is 1. The van der Waals surface area contributed by atoms with Gasteiger partial charge in [-0.25, -0.2) is 9.97 Å². The number of benzene rings is 1. The Bertz CT molecular complexity index is 1180. The molecule has 4 aromatic rings. The van der Waals surface area contributed by atoms with Gasteiger partial charge in [0.2, 0.25) is 0 Å². The molecule has 0 saturated heterocycles. The van der Waals surface area contributed by atoms with Crippen LogP contribution in [0.15, 0.2) is 54.9 Å². The van der Waals surface area contributed by atoms with Crippen molar-refractivity contribution in [2.75, 3.05) is 6.54 Å². The Hall–Kier alpha value is -3.19. The Balaban J connectivity index is 1.29. The van der Waals surface area contributed by atoms with E-state index >= 15 is 0 Å². The molecule has 1 fully saturated rings. The van der Waals surface area contributed by atoms with Gasteiger partial charge in [-0.3, -0.25) is 4.79 Å². The molecular weight excluding hydrogens is 400 g/mol. The van der Waals surface area contributed by atoms with Gasteiger partial charge >= 0.3 is 0 Å². The number of para-hydroxylation sites is 2. The Morgan fingerprint density at radius 2 is 2.09 bits per heavy atom. The van der Waals surface area contributed by atoms with Crippen LogP contribution >= 0.6 is 0 Å². The lowest BCUT2D eigenvalue weighted by Gasteiger charge is -2.46. The minimum atomic E-state index is -0.209. The minimum absolute atomic E-state index is 0.0211. The van der Waals surface area contributed by atoms with E-state index in [1.165, 1.54) is 0 Å². The number of amides is 1. The number of nitrogens with one attached hydrogen (secondary N) is 2. The summed E-state index contributed by atoms with van der Waals surface area (Å²) in [7, 11) is 0. The molecule has 3 aromatic heterocycles. The molecule has 1 aliphatic rings. The average Bonchev–Trinajstić information content (AvgIpc) is 3.42. The molecule has 0 aliphatic heterocycles. The van der Waals surface area contributed by atoms with Gasteiger partial charge in [0.1, 0.15) is 5.65 Å². The molecule has 0 radical (unpaired) electrons. The molecule has 2 N–H and O–H groups in total. The van der Waals surface area contributed by atoms with Crippen LogP contribution in [-0.4, -0.2) is 48.3 Å². The smallest absolute Gasteiger partial charge is 0.290 e. The number of hydrogen-bond acceptors (Lipinski definition) is 4. The fraction of sp³-hybridized carbons (Fsp3) is 0.400. The molecule has 0 spiro atoms. The molecule has 1 aliphatic carbocycles. The zero-order valence-corrected chi connectivity index (χ0v) is 18.7. The van der Waals surface area contributed by atoms with Crippen LogP contribution in [0.4, 0.5) is 0 Å². The lowest BCUT2D eigenvalue weighted by Crippen LogP contribution is -2.55. The molecule has 166 valence electrons. The third-order valence-corrected chi connectivity index (χ3v) is 6.74. The van der Waals surface area contributed by atoms with Crippen LogP contribution in [0.25, 0.3) is 16.7 Å². The Kier molecular flexibility index (Phi) is 5.43. The molecule has 2 atom stereocenters. The predicted molar refractivity (Wildman–Crippen MR) is 125 cm³/mol. The van der Waals surface area contributed by atoms with Crippen molar-refractivity contribution in [1.82, 2.24) is 29.6 Å². The highest BCUT2D eigenvalue weighted by atomic mass is 16.2. The largest absolute Gasteiger partial charge is 0.334 e. The Labute approximate surface area is 187 Å². The molecule has 7 heteroatoms. The SMILES string of the molecule is CCN(C(=O)c1nc2ccccc2[nH]1)[C@@]1(C)CCC[C@@H](NCc2cn3ccccc3n2)C1. The van der Waals surface area contributed by atoms with E-state index in [1.807, 2.05) is 58.0 Å². The molecule has 0 bridgehead atoms. The zero-order chi connectivity index (χ0) is 22.1. The van der Waals surface area contributed by atoms with Crippen molar-refractivity contribution < 1.29 is 4.79 Å². The molecular formula is C25H30N6O. The molecule has 5 rings (SSSR count). The van der Waals surface area contributed by atoms with Gasteiger partial charge in [-0.05, 0) is 63.8 Å². The van der Waals surface area contributed by atoms with E-state index in [2.05, 4.69) is 35.3 Å². The van der Waals surface area contributed by atoms with E-state index in [4.69, 9.17) is 4.98 Å². The second kappa shape index (κ2) is 8.39. The topological polar surface area (TPSA) is 78.3 Å². The number of rotatable bonds is 6. The number of carbonyl (C=O) groups excluding carboxylic acids is 1.